The van der Waals surface area contributed by atoms with Gasteiger partial charge in [0.05, 0.1) is 11.4 Å². The van der Waals surface area contributed by atoms with Crippen LogP contribution in [-0.4, -0.2) is 18.0 Å². The number of benzene rings is 1. The third-order valence-electron chi connectivity index (χ3n) is 1.91. The summed E-state index contributed by atoms with van der Waals surface area (Å²) in [7, 11) is 0. The summed E-state index contributed by atoms with van der Waals surface area (Å²) in [5, 5.41) is 0. The molecule has 0 saturated carbocycles. The van der Waals surface area contributed by atoms with Gasteiger partial charge in [0.2, 0.25) is 0 Å². The number of carbonyl (C=O) groups is 1. The zero-order valence-corrected chi connectivity index (χ0v) is 8.83. The molecule has 0 amide bonds. The average Bonchev–Trinajstić information content (AvgIpc) is 2.26. The molecule has 2 nitrogen and oxygen atoms in total. The molecule has 0 aliphatic rings. The average molecular weight is 213 g/mol. The monoisotopic (exact) mass is 212 g/mol. The number of ether oxygens (including phenoxy) is 1. The maximum absolute atomic E-state index is 11.5. The van der Waals surface area contributed by atoms with Gasteiger partial charge in [-0.25, -0.2) is 4.79 Å². The molecule has 1 atom stereocenters. The molecule has 0 fully saturated rings. The van der Waals surface area contributed by atoms with Crippen LogP contribution in [0, 0.1) is 0 Å². The van der Waals surface area contributed by atoms with Crippen LogP contribution in [0.1, 0.15) is 23.7 Å². The Morgan fingerprint density at radius 3 is 2.57 bits per heavy atom. The Bertz CT molecular complexity index is 281. The molecule has 0 aliphatic carbocycles. The van der Waals surface area contributed by atoms with Gasteiger partial charge >= 0.3 is 5.97 Å². The minimum absolute atomic E-state index is 0.190. The fraction of sp³-hybridized carbons (Fsp3) is 0.364. The van der Waals surface area contributed by atoms with Gasteiger partial charge in [-0.1, -0.05) is 25.1 Å². The summed E-state index contributed by atoms with van der Waals surface area (Å²) in [5.41, 5.74) is 0.566. The van der Waals surface area contributed by atoms with Gasteiger partial charge in [0.15, 0.2) is 0 Å². The van der Waals surface area contributed by atoms with Crippen LogP contribution in [0.2, 0.25) is 0 Å². The van der Waals surface area contributed by atoms with Gasteiger partial charge in [0, 0.05) is 0 Å². The predicted octanol–water partition coefficient (Wildman–Crippen LogP) is 2.86. The second-order valence-electron chi connectivity index (χ2n) is 2.96. The lowest BCUT2D eigenvalue weighted by molar-refractivity contribution is 0.0341. The van der Waals surface area contributed by atoms with Crippen LogP contribution in [-0.2, 0) is 4.74 Å². The smallest absolute Gasteiger partial charge is 0.338 e. The number of rotatable bonds is 4. The molecule has 0 bridgehead atoms. The Kier molecular flexibility index (Phi) is 4.47. The third kappa shape index (κ3) is 3.04. The summed E-state index contributed by atoms with van der Waals surface area (Å²) < 4.78 is 5.16. The summed E-state index contributed by atoms with van der Waals surface area (Å²) in [6.45, 7) is 1.94. The maximum atomic E-state index is 11.5. The van der Waals surface area contributed by atoms with Crippen molar-refractivity contribution in [3.8, 4) is 0 Å². The third-order valence-corrected chi connectivity index (χ3v) is 2.25. The molecule has 0 radical (unpaired) electrons. The van der Waals surface area contributed by atoms with Crippen molar-refractivity contribution in [2.45, 2.75) is 19.4 Å². The Hall–Kier alpha value is -1.02. The Labute approximate surface area is 88.8 Å². The number of hydrogen-bond acceptors (Lipinski definition) is 2. The van der Waals surface area contributed by atoms with Crippen molar-refractivity contribution < 1.29 is 9.53 Å². The summed E-state index contributed by atoms with van der Waals surface area (Å²) in [6, 6.07) is 8.92. The van der Waals surface area contributed by atoms with Crippen LogP contribution in [0.3, 0.4) is 0 Å². The van der Waals surface area contributed by atoms with Gasteiger partial charge in [0.25, 0.3) is 0 Å². The molecule has 0 heterocycles. The summed E-state index contributed by atoms with van der Waals surface area (Å²) in [5.74, 6) is 0.0350. The molecule has 0 unspecified atom stereocenters. The van der Waals surface area contributed by atoms with Crippen molar-refractivity contribution in [1.82, 2.24) is 0 Å². The molecule has 0 aromatic heterocycles. The number of carbonyl (C=O) groups excluding carboxylic acids is 1. The fourth-order valence-electron chi connectivity index (χ4n) is 1.02. The van der Waals surface area contributed by atoms with E-state index in [1.165, 1.54) is 0 Å². The van der Waals surface area contributed by atoms with Gasteiger partial charge in [0.1, 0.15) is 6.10 Å². The van der Waals surface area contributed by atoms with Gasteiger partial charge < -0.3 is 4.74 Å². The van der Waals surface area contributed by atoms with Gasteiger partial charge in [-0.3, -0.25) is 0 Å². The lowest BCUT2D eigenvalue weighted by Gasteiger charge is -2.12. The van der Waals surface area contributed by atoms with Crippen LogP contribution in [0.5, 0.6) is 0 Å². The van der Waals surface area contributed by atoms with E-state index in [0.29, 0.717) is 11.4 Å². The second kappa shape index (κ2) is 5.66. The number of halogens is 1. The molecule has 1 aromatic carbocycles. The molecule has 1 rings (SSSR count). The van der Waals surface area contributed by atoms with Crippen LogP contribution < -0.4 is 0 Å². The Morgan fingerprint density at radius 1 is 1.43 bits per heavy atom. The normalized spacial score (nSPS) is 12.1. The highest BCUT2D eigenvalue weighted by molar-refractivity contribution is 6.18. The standard InChI is InChI=1S/C11H13ClO2/c1-2-10(8-12)14-11(13)9-6-4-3-5-7-9/h3-7,10H,2,8H2,1H3/t10-/m1/s1. The minimum Gasteiger partial charge on any atom is -0.458 e. The van der Waals surface area contributed by atoms with E-state index in [4.69, 9.17) is 16.3 Å². The first kappa shape index (κ1) is 11.1. The number of esters is 1. The van der Waals surface area contributed by atoms with Crippen molar-refractivity contribution in [1.29, 1.82) is 0 Å². The van der Waals surface area contributed by atoms with Gasteiger partial charge in [-0.15, -0.1) is 11.6 Å². The number of alkyl halides is 1. The molecule has 76 valence electrons. The molecule has 0 saturated heterocycles. The van der Waals surface area contributed by atoms with E-state index in [1.807, 2.05) is 13.0 Å². The van der Waals surface area contributed by atoms with E-state index in [-0.39, 0.29) is 12.1 Å². The van der Waals surface area contributed by atoms with E-state index >= 15 is 0 Å². The molecule has 14 heavy (non-hydrogen) atoms. The van der Waals surface area contributed by atoms with Crippen molar-refractivity contribution >= 4 is 17.6 Å². The molecular weight excluding hydrogens is 200 g/mol. The highest BCUT2D eigenvalue weighted by atomic mass is 35.5. The first-order valence-corrected chi connectivity index (χ1v) is 5.13. The van der Waals surface area contributed by atoms with E-state index in [0.717, 1.165) is 6.42 Å². The van der Waals surface area contributed by atoms with E-state index < -0.39 is 0 Å². The topological polar surface area (TPSA) is 26.3 Å². The Balaban J connectivity index is 2.59. The fourth-order valence-corrected chi connectivity index (χ4v) is 1.30. The van der Waals surface area contributed by atoms with Crippen molar-refractivity contribution in [3.05, 3.63) is 35.9 Å². The summed E-state index contributed by atoms with van der Waals surface area (Å²) in [4.78, 5) is 11.5. The van der Waals surface area contributed by atoms with Crippen molar-refractivity contribution in [2.24, 2.45) is 0 Å². The van der Waals surface area contributed by atoms with E-state index in [2.05, 4.69) is 0 Å². The molecule has 0 aliphatic heterocycles. The van der Waals surface area contributed by atoms with Crippen molar-refractivity contribution in [3.63, 3.8) is 0 Å². The van der Waals surface area contributed by atoms with Crippen LogP contribution in [0.4, 0.5) is 0 Å². The largest absolute Gasteiger partial charge is 0.458 e. The lowest BCUT2D eigenvalue weighted by Crippen LogP contribution is -2.18. The molecule has 0 spiro atoms. The first-order valence-electron chi connectivity index (χ1n) is 4.60. The van der Waals surface area contributed by atoms with Crippen LogP contribution in [0.25, 0.3) is 0 Å². The first-order chi connectivity index (χ1) is 6.77. The van der Waals surface area contributed by atoms with Gasteiger partial charge in [-0.05, 0) is 18.6 Å². The lowest BCUT2D eigenvalue weighted by atomic mass is 10.2. The SMILES string of the molecule is CC[C@H](CCl)OC(=O)c1ccccc1. The van der Waals surface area contributed by atoms with Crippen molar-refractivity contribution in [2.75, 3.05) is 5.88 Å². The summed E-state index contributed by atoms with van der Waals surface area (Å²) in [6.07, 6.45) is 0.548. The van der Waals surface area contributed by atoms with Crippen LogP contribution in [0.15, 0.2) is 30.3 Å². The highest BCUT2D eigenvalue weighted by Crippen LogP contribution is 2.07. The van der Waals surface area contributed by atoms with Crippen LogP contribution >= 0.6 is 11.6 Å². The minimum atomic E-state index is -0.307. The second-order valence-corrected chi connectivity index (χ2v) is 3.26. The maximum Gasteiger partial charge on any atom is 0.338 e. The van der Waals surface area contributed by atoms with Gasteiger partial charge in [-0.2, -0.15) is 0 Å². The summed E-state index contributed by atoms with van der Waals surface area (Å²) >= 11 is 5.62. The Morgan fingerprint density at radius 2 is 2.07 bits per heavy atom. The molecule has 3 heteroatoms. The molecule has 1 aromatic rings. The predicted molar refractivity (Wildman–Crippen MR) is 56.7 cm³/mol. The number of hydrogen-bond donors (Lipinski definition) is 0. The van der Waals surface area contributed by atoms with E-state index in [1.54, 1.807) is 24.3 Å². The zero-order valence-electron chi connectivity index (χ0n) is 8.07. The molecular formula is C11H13ClO2. The zero-order chi connectivity index (χ0) is 10.4. The quantitative estimate of drug-likeness (QED) is 0.567. The molecule has 0 N–H and O–H groups in total. The highest BCUT2D eigenvalue weighted by Gasteiger charge is 2.12. The van der Waals surface area contributed by atoms with E-state index in [9.17, 15) is 4.79 Å².